The van der Waals surface area contributed by atoms with Gasteiger partial charge in [-0.15, -0.1) is 0 Å². The van der Waals surface area contributed by atoms with Crippen molar-refractivity contribution >= 4 is 12.0 Å². The summed E-state index contributed by atoms with van der Waals surface area (Å²) in [6, 6.07) is 15.6. The summed E-state index contributed by atoms with van der Waals surface area (Å²) in [6.45, 7) is 2.41. The predicted octanol–water partition coefficient (Wildman–Crippen LogP) is 3.67. The molecule has 0 aliphatic rings. The molecule has 0 saturated heterocycles. The number of carbonyl (C=O) groups is 1. The highest BCUT2D eigenvalue weighted by atomic mass is 16.5. The van der Waals surface area contributed by atoms with E-state index in [-0.39, 0.29) is 0 Å². The molecule has 0 fully saturated rings. The van der Waals surface area contributed by atoms with Gasteiger partial charge >= 0.3 is 5.97 Å². The van der Waals surface area contributed by atoms with Crippen LogP contribution in [0.15, 0.2) is 54.6 Å². The Labute approximate surface area is 118 Å². The molecular formula is C17H16O3. The maximum Gasteiger partial charge on any atom is 0.328 e. The number of carboxylic acid groups (broad SMARTS) is 1. The van der Waals surface area contributed by atoms with E-state index < -0.39 is 5.97 Å². The number of aliphatic carboxylic acids is 1. The third-order valence-electron chi connectivity index (χ3n) is 2.81. The number of carboxylic acids is 1. The Morgan fingerprint density at radius 3 is 2.65 bits per heavy atom. The van der Waals surface area contributed by atoms with E-state index in [4.69, 9.17) is 9.84 Å². The van der Waals surface area contributed by atoms with E-state index in [1.807, 2.05) is 55.5 Å². The van der Waals surface area contributed by atoms with E-state index >= 15 is 0 Å². The molecule has 1 N–H and O–H groups in total. The Hall–Kier alpha value is -2.55. The van der Waals surface area contributed by atoms with Crippen LogP contribution in [0.25, 0.3) is 6.08 Å². The van der Waals surface area contributed by atoms with Crippen molar-refractivity contribution < 1.29 is 14.6 Å². The Kier molecular flexibility index (Phi) is 4.56. The second-order valence-corrected chi connectivity index (χ2v) is 4.49. The summed E-state index contributed by atoms with van der Waals surface area (Å²) in [7, 11) is 0. The molecule has 2 aromatic rings. The molecule has 3 nitrogen and oxygen atoms in total. The fraction of sp³-hybridized carbons (Fsp3) is 0.118. The average Bonchev–Trinajstić information content (AvgIpc) is 2.45. The molecule has 0 bridgehead atoms. The van der Waals surface area contributed by atoms with Gasteiger partial charge in [-0.25, -0.2) is 4.79 Å². The molecule has 20 heavy (non-hydrogen) atoms. The van der Waals surface area contributed by atoms with Crippen molar-refractivity contribution in [1.82, 2.24) is 0 Å². The molecule has 0 unspecified atom stereocenters. The number of benzene rings is 2. The van der Waals surface area contributed by atoms with Crippen LogP contribution in [-0.2, 0) is 11.4 Å². The monoisotopic (exact) mass is 268 g/mol. The molecule has 3 heteroatoms. The first-order valence-electron chi connectivity index (χ1n) is 6.33. The smallest absolute Gasteiger partial charge is 0.328 e. The third-order valence-corrected chi connectivity index (χ3v) is 2.81. The summed E-state index contributed by atoms with van der Waals surface area (Å²) in [6.07, 6.45) is 2.67. The fourth-order valence-electron chi connectivity index (χ4n) is 1.83. The highest BCUT2D eigenvalue weighted by Gasteiger charge is 2.03. The zero-order chi connectivity index (χ0) is 14.4. The van der Waals surface area contributed by atoms with E-state index in [9.17, 15) is 4.79 Å². The largest absolute Gasteiger partial charge is 0.488 e. The van der Waals surface area contributed by atoms with Gasteiger partial charge in [0.25, 0.3) is 0 Å². The SMILES string of the molecule is Cc1ccc(OCc2ccccc2)c(C=CC(=O)O)c1. The van der Waals surface area contributed by atoms with Gasteiger partial charge in [-0.3, -0.25) is 0 Å². The van der Waals surface area contributed by atoms with Gasteiger partial charge in [-0.1, -0.05) is 42.0 Å². The van der Waals surface area contributed by atoms with Crippen LogP contribution in [0.2, 0.25) is 0 Å². The summed E-state index contributed by atoms with van der Waals surface area (Å²) in [5, 5.41) is 8.72. The van der Waals surface area contributed by atoms with Crippen LogP contribution >= 0.6 is 0 Å². The van der Waals surface area contributed by atoms with Crippen molar-refractivity contribution in [3.05, 3.63) is 71.3 Å². The molecule has 102 valence electrons. The van der Waals surface area contributed by atoms with Crippen LogP contribution in [-0.4, -0.2) is 11.1 Å². The van der Waals surface area contributed by atoms with Gasteiger partial charge in [0.1, 0.15) is 12.4 Å². The summed E-state index contributed by atoms with van der Waals surface area (Å²) < 4.78 is 5.77. The number of aryl methyl sites for hydroxylation is 1. The van der Waals surface area contributed by atoms with Gasteiger partial charge in [0.2, 0.25) is 0 Å². The van der Waals surface area contributed by atoms with Gasteiger partial charge in [-0.2, -0.15) is 0 Å². The highest BCUT2D eigenvalue weighted by Crippen LogP contribution is 2.22. The molecular weight excluding hydrogens is 252 g/mol. The lowest BCUT2D eigenvalue weighted by Crippen LogP contribution is -1.97. The lowest BCUT2D eigenvalue weighted by atomic mass is 10.1. The highest BCUT2D eigenvalue weighted by molar-refractivity contribution is 5.85. The van der Waals surface area contributed by atoms with Crippen molar-refractivity contribution in [1.29, 1.82) is 0 Å². The minimum absolute atomic E-state index is 0.456. The maximum absolute atomic E-state index is 10.6. The van der Waals surface area contributed by atoms with Gasteiger partial charge in [0.15, 0.2) is 0 Å². The second-order valence-electron chi connectivity index (χ2n) is 4.49. The molecule has 0 spiro atoms. The predicted molar refractivity (Wildman–Crippen MR) is 78.6 cm³/mol. The Balaban J connectivity index is 2.16. The summed E-state index contributed by atoms with van der Waals surface area (Å²) in [4.78, 5) is 10.6. The molecule has 0 aliphatic heterocycles. The molecule has 2 aromatic carbocycles. The molecule has 0 radical (unpaired) electrons. The fourth-order valence-corrected chi connectivity index (χ4v) is 1.83. The minimum Gasteiger partial charge on any atom is -0.488 e. The van der Waals surface area contributed by atoms with Gasteiger partial charge < -0.3 is 9.84 Å². The number of hydrogen-bond acceptors (Lipinski definition) is 2. The van der Waals surface area contributed by atoms with Crippen LogP contribution in [0.3, 0.4) is 0 Å². The molecule has 0 atom stereocenters. The number of hydrogen-bond donors (Lipinski definition) is 1. The number of rotatable bonds is 5. The first-order chi connectivity index (χ1) is 9.65. The standard InChI is InChI=1S/C17H16O3/c1-13-7-9-16(15(11-13)8-10-17(18)19)20-12-14-5-3-2-4-6-14/h2-11H,12H2,1H3,(H,18,19). The topological polar surface area (TPSA) is 46.5 Å². The quantitative estimate of drug-likeness (QED) is 0.841. The minimum atomic E-state index is -0.972. The van der Waals surface area contributed by atoms with Gasteiger partial charge in [-0.05, 0) is 30.7 Å². The molecule has 0 aromatic heterocycles. The van der Waals surface area contributed by atoms with Crippen LogP contribution < -0.4 is 4.74 Å². The van der Waals surface area contributed by atoms with Crippen LogP contribution in [0, 0.1) is 6.92 Å². The summed E-state index contributed by atoms with van der Waals surface area (Å²) in [5.41, 5.74) is 2.90. The lowest BCUT2D eigenvalue weighted by molar-refractivity contribution is -0.131. The van der Waals surface area contributed by atoms with E-state index in [0.29, 0.717) is 12.4 Å². The molecule has 0 saturated carbocycles. The summed E-state index contributed by atoms with van der Waals surface area (Å²) >= 11 is 0. The first kappa shape index (κ1) is 13.9. The van der Waals surface area contributed by atoms with Gasteiger partial charge in [0.05, 0.1) is 0 Å². The van der Waals surface area contributed by atoms with E-state index in [2.05, 4.69) is 0 Å². The van der Waals surface area contributed by atoms with Crippen LogP contribution in [0.4, 0.5) is 0 Å². The van der Waals surface area contributed by atoms with Crippen molar-refractivity contribution in [3.8, 4) is 5.75 Å². The molecule has 0 heterocycles. The van der Waals surface area contributed by atoms with E-state index in [1.54, 1.807) is 6.08 Å². The van der Waals surface area contributed by atoms with Crippen molar-refractivity contribution in [2.24, 2.45) is 0 Å². The zero-order valence-electron chi connectivity index (χ0n) is 11.2. The summed E-state index contributed by atoms with van der Waals surface area (Å²) in [5.74, 6) is -0.294. The Morgan fingerprint density at radius 2 is 1.95 bits per heavy atom. The van der Waals surface area contributed by atoms with Crippen LogP contribution in [0.1, 0.15) is 16.7 Å². The normalized spacial score (nSPS) is 10.7. The van der Waals surface area contributed by atoms with Crippen LogP contribution in [0.5, 0.6) is 5.75 Å². The first-order valence-corrected chi connectivity index (χ1v) is 6.33. The zero-order valence-corrected chi connectivity index (χ0v) is 11.2. The van der Waals surface area contributed by atoms with Crippen molar-refractivity contribution in [2.75, 3.05) is 0 Å². The van der Waals surface area contributed by atoms with E-state index in [1.165, 1.54) is 0 Å². The molecule has 0 amide bonds. The Morgan fingerprint density at radius 1 is 1.20 bits per heavy atom. The Bertz CT molecular complexity index is 615. The molecule has 0 aliphatic carbocycles. The van der Waals surface area contributed by atoms with Crippen molar-refractivity contribution in [2.45, 2.75) is 13.5 Å². The maximum atomic E-state index is 10.6. The van der Waals surface area contributed by atoms with Crippen molar-refractivity contribution in [3.63, 3.8) is 0 Å². The molecule has 2 rings (SSSR count). The van der Waals surface area contributed by atoms with E-state index in [0.717, 1.165) is 22.8 Å². The average molecular weight is 268 g/mol. The third kappa shape index (κ3) is 3.99. The second kappa shape index (κ2) is 6.57. The van der Waals surface area contributed by atoms with Gasteiger partial charge in [0, 0.05) is 11.6 Å². The lowest BCUT2D eigenvalue weighted by Gasteiger charge is -2.10. The number of ether oxygens (including phenoxy) is 1.